The molecule has 0 aliphatic heterocycles. The van der Waals surface area contributed by atoms with E-state index in [1.165, 1.54) is 21.9 Å². The minimum atomic E-state index is 0.555. The minimum absolute atomic E-state index is 0.555. The molecular weight excluding hydrogens is 827 g/mol. The third kappa shape index (κ3) is 6.68. The lowest BCUT2D eigenvalue weighted by atomic mass is 9.95. The second-order valence-corrected chi connectivity index (χ2v) is 17.2. The lowest BCUT2D eigenvalue weighted by molar-refractivity contribution is 0.953. The lowest BCUT2D eigenvalue weighted by Gasteiger charge is -2.17. The van der Waals surface area contributed by atoms with Gasteiger partial charge in [0.1, 0.15) is 0 Å². The Hall–Kier alpha value is -9.19. The zero-order valence-electron chi connectivity index (χ0n) is 36.9. The highest BCUT2D eigenvalue weighted by Gasteiger charge is 2.24. The molecule has 3 heterocycles. The van der Waals surface area contributed by atoms with Gasteiger partial charge in [-0.15, -0.1) is 0 Å². The van der Waals surface area contributed by atoms with Crippen molar-refractivity contribution in [3.63, 3.8) is 0 Å². The quantitative estimate of drug-likeness (QED) is 0.153. The van der Waals surface area contributed by atoms with Gasteiger partial charge in [0.05, 0.1) is 27.8 Å². The molecule has 13 aromatic rings. The molecule has 3 aromatic heterocycles. The van der Waals surface area contributed by atoms with Gasteiger partial charge in [0.15, 0.2) is 11.6 Å². The Kier molecular flexibility index (Phi) is 9.43. The number of benzene rings is 10. The van der Waals surface area contributed by atoms with Crippen LogP contribution in [0.4, 0.5) is 0 Å². The molecule has 5 nitrogen and oxygen atoms in total. The van der Waals surface area contributed by atoms with Gasteiger partial charge in [-0.25, -0.2) is 4.98 Å². The van der Waals surface area contributed by atoms with Crippen LogP contribution in [0, 0.1) is 0 Å². The molecule has 68 heavy (non-hydrogen) atoms. The molecule has 0 spiro atoms. The van der Waals surface area contributed by atoms with Crippen LogP contribution in [-0.2, 0) is 0 Å². The van der Waals surface area contributed by atoms with Crippen molar-refractivity contribution in [1.29, 1.82) is 0 Å². The van der Waals surface area contributed by atoms with Gasteiger partial charge < -0.3 is 4.57 Å². The van der Waals surface area contributed by atoms with Gasteiger partial charge in [-0.3, -0.25) is 4.57 Å². The van der Waals surface area contributed by atoms with E-state index < -0.39 is 0 Å². The number of hydrogen-bond donors (Lipinski definition) is 0. The maximum Gasteiger partial charge on any atom is 0.238 e. The standard InChI is InChI=1S/C63H41N5/c1-5-18-42(19-6-1)44-32-34-47(35-33-44)62-64-61(46-24-11-4-12-25-46)65-63(66-62)68-56-31-16-14-29-54(56)59-57(68)39-38-53-52-28-13-15-30-55(52)67(60(53)59)58-41-50(36-37-51(58)45-22-9-3-10-23-45)49-27-17-26-48(40-49)43-20-7-2-8-21-43/h1-41H. The fourth-order valence-corrected chi connectivity index (χ4v) is 9.99. The zero-order chi connectivity index (χ0) is 45.0. The fraction of sp³-hybridized carbons (Fsp3) is 0. The van der Waals surface area contributed by atoms with E-state index in [1.807, 2.05) is 24.3 Å². The van der Waals surface area contributed by atoms with E-state index in [9.17, 15) is 0 Å². The van der Waals surface area contributed by atoms with Gasteiger partial charge in [0, 0.05) is 38.2 Å². The number of fused-ring (bicyclic) bond motifs is 7. The number of para-hydroxylation sites is 2. The summed E-state index contributed by atoms with van der Waals surface area (Å²) >= 11 is 0. The molecule has 0 N–H and O–H groups in total. The highest BCUT2D eigenvalue weighted by Crippen LogP contribution is 2.44. The van der Waals surface area contributed by atoms with Crippen LogP contribution in [0.5, 0.6) is 0 Å². The molecule has 0 amide bonds. The highest BCUT2D eigenvalue weighted by molar-refractivity contribution is 6.26. The van der Waals surface area contributed by atoms with Gasteiger partial charge in [-0.1, -0.05) is 218 Å². The van der Waals surface area contributed by atoms with Gasteiger partial charge in [-0.05, 0) is 69.3 Å². The second kappa shape index (κ2) is 16.4. The first-order valence-electron chi connectivity index (χ1n) is 23.0. The van der Waals surface area contributed by atoms with Crippen molar-refractivity contribution < 1.29 is 0 Å². The predicted octanol–water partition coefficient (Wildman–Crippen LogP) is 16.1. The smallest absolute Gasteiger partial charge is 0.238 e. The average molecular weight is 868 g/mol. The Bertz CT molecular complexity index is 3990. The van der Waals surface area contributed by atoms with Crippen molar-refractivity contribution in [2.24, 2.45) is 0 Å². The summed E-state index contributed by atoms with van der Waals surface area (Å²) in [5, 5.41) is 4.59. The van der Waals surface area contributed by atoms with Gasteiger partial charge in [0.2, 0.25) is 5.95 Å². The van der Waals surface area contributed by atoms with E-state index in [-0.39, 0.29) is 0 Å². The highest BCUT2D eigenvalue weighted by atomic mass is 15.2. The molecule has 13 rings (SSSR count). The molecule has 0 aliphatic carbocycles. The monoisotopic (exact) mass is 867 g/mol. The summed E-state index contributed by atoms with van der Waals surface area (Å²) in [6.45, 7) is 0. The zero-order valence-corrected chi connectivity index (χ0v) is 36.9. The summed E-state index contributed by atoms with van der Waals surface area (Å²) in [5.74, 6) is 1.77. The van der Waals surface area contributed by atoms with E-state index >= 15 is 0 Å². The predicted molar refractivity (Wildman–Crippen MR) is 281 cm³/mol. The topological polar surface area (TPSA) is 48.5 Å². The van der Waals surface area contributed by atoms with E-state index in [1.54, 1.807) is 0 Å². The van der Waals surface area contributed by atoms with Crippen molar-refractivity contribution in [2.45, 2.75) is 0 Å². The van der Waals surface area contributed by atoms with Crippen molar-refractivity contribution in [1.82, 2.24) is 24.1 Å². The molecule has 318 valence electrons. The first kappa shape index (κ1) is 39.2. The Morgan fingerprint density at radius 2 is 0.721 bits per heavy atom. The molecule has 0 radical (unpaired) electrons. The minimum Gasteiger partial charge on any atom is -0.308 e. The number of hydrogen-bond acceptors (Lipinski definition) is 3. The fourth-order valence-electron chi connectivity index (χ4n) is 9.99. The molecule has 0 fully saturated rings. The van der Waals surface area contributed by atoms with E-state index in [0.29, 0.717) is 17.6 Å². The first-order chi connectivity index (χ1) is 33.7. The van der Waals surface area contributed by atoms with Crippen LogP contribution in [0.2, 0.25) is 0 Å². The Morgan fingerprint density at radius 1 is 0.265 bits per heavy atom. The second-order valence-electron chi connectivity index (χ2n) is 17.2. The lowest BCUT2D eigenvalue weighted by Crippen LogP contribution is -2.06. The largest absolute Gasteiger partial charge is 0.308 e. The SMILES string of the molecule is c1ccc(-c2ccc(-c3nc(-c4ccccc4)nc(-n4c5ccccc5c5c4ccc4c6ccccc6n(-c6cc(-c7cccc(-c8ccccc8)c7)ccc6-c6ccccc6)c45)n3)cc2)cc1. The number of rotatable bonds is 8. The average Bonchev–Trinajstić information content (AvgIpc) is 3.95. The molecule has 0 bridgehead atoms. The summed E-state index contributed by atoms with van der Waals surface area (Å²) in [5.41, 5.74) is 16.5. The van der Waals surface area contributed by atoms with Crippen LogP contribution in [0.15, 0.2) is 249 Å². The summed E-state index contributed by atoms with van der Waals surface area (Å²) < 4.78 is 4.73. The number of aromatic nitrogens is 5. The molecular formula is C63H41N5. The van der Waals surface area contributed by atoms with Crippen LogP contribution in [-0.4, -0.2) is 24.1 Å². The van der Waals surface area contributed by atoms with Crippen LogP contribution in [0.1, 0.15) is 0 Å². The normalized spacial score (nSPS) is 11.5. The van der Waals surface area contributed by atoms with Crippen molar-refractivity contribution in [3.05, 3.63) is 249 Å². The van der Waals surface area contributed by atoms with Crippen LogP contribution >= 0.6 is 0 Å². The summed E-state index contributed by atoms with van der Waals surface area (Å²) in [6.07, 6.45) is 0. The molecule has 0 saturated heterocycles. The molecule has 5 heteroatoms. The molecule has 0 unspecified atom stereocenters. The maximum atomic E-state index is 5.34. The van der Waals surface area contributed by atoms with Crippen molar-refractivity contribution >= 4 is 43.6 Å². The van der Waals surface area contributed by atoms with Gasteiger partial charge in [-0.2, -0.15) is 9.97 Å². The van der Waals surface area contributed by atoms with Crippen molar-refractivity contribution in [3.8, 4) is 78.9 Å². The molecule has 0 saturated carbocycles. The van der Waals surface area contributed by atoms with Crippen LogP contribution in [0.3, 0.4) is 0 Å². The molecule has 0 aliphatic rings. The van der Waals surface area contributed by atoms with E-state index in [0.717, 1.165) is 83.0 Å². The Balaban J connectivity index is 1.08. The summed E-state index contributed by atoms with van der Waals surface area (Å²) in [6, 6.07) is 88.3. The van der Waals surface area contributed by atoms with Gasteiger partial charge in [0.25, 0.3) is 0 Å². The Morgan fingerprint density at radius 3 is 1.38 bits per heavy atom. The van der Waals surface area contributed by atoms with E-state index in [4.69, 9.17) is 15.0 Å². The van der Waals surface area contributed by atoms with Crippen LogP contribution in [0.25, 0.3) is 123 Å². The Labute approximate surface area is 393 Å². The molecule has 10 aromatic carbocycles. The molecule has 0 atom stereocenters. The maximum absolute atomic E-state index is 5.34. The number of nitrogens with zero attached hydrogens (tertiary/aromatic N) is 5. The van der Waals surface area contributed by atoms with Gasteiger partial charge >= 0.3 is 0 Å². The summed E-state index contributed by atoms with van der Waals surface area (Å²) in [4.78, 5) is 15.8. The van der Waals surface area contributed by atoms with Crippen LogP contribution < -0.4 is 0 Å². The first-order valence-corrected chi connectivity index (χ1v) is 23.0. The van der Waals surface area contributed by atoms with E-state index in [2.05, 4.69) is 234 Å². The third-order valence-electron chi connectivity index (χ3n) is 13.2. The van der Waals surface area contributed by atoms with Crippen molar-refractivity contribution in [2.75, 3.05) is 0 Å². The summed E-state index contributed by atoms with van der Waals surface area (Å²) in [7, 11) is 0. The third-order valence-corrected chi connectivity index (χ3v) is 13.2.